The Morgan fingerprint density at radius 1 is 1.23 bits per heavy atom. The number of nitrogens with zero attached hydrogens (tertiary/aromatic N) is 5. The van der Waals surface area contributed by atoms with Gasteiger partial charge in [-0.2, -0.15) is 0 Å². The van der Waals surface area contributed by atoms with Crippen molar-refractivity contribution in [2.24, 2.45) is 0 Å². The average molecular weight is 422 g/mol. The standard InChI is InChI=1S/C21H26N8O2/c1-12-8-27(9-13(2)23-12)17-4-6-22-18-15(17)5-7-29(18)21(31)25-16-11-28-10-14(3)24-20(28)26-19(16)30/h4,6,10-13,23H,5,7-9H2,1-3H3,(H,25,31)(H,24,26,30)/t12-,13+. The number of aromatic amines is 1. The first-order valence-electron chi connectivity index (χ1n) is 10.5. The number of anilines is 3. The van der Waals surface area contributed by atoms with Crippen LogP contribution in [0, 0.1) is 6.92 Å². The molecule has 5 heterocycles. The first kappa shape index (κ1) is 19.6. The van der Waals surface area contributed by atoms with E-state index in [9.17, 15) is 9.59 Å². The van der Waals surface area contributed by atoms with E-state index in [1.54, 1.807) is 27.9 Å². The van der Waals surface area contributed by atoms with Gasteiger partial charge in [0.15, 0.2) is 0 Å². The third-order valence-electron chi connectivity index (χ3n) is 5.83. The molecule has 5 rings (SSSR count). The Bertz CT molecular complexity index is 1210. The van der Waals surface area contributed by atoms with Crippen molar-refractivity contribution in [1.29, 1.82) is 0 Å². The predicted molar refractivity (Wildman–Crippen MR) is 119 cm³/mol. The molecule has 1 saturated heterocycles. The molecule has 3 aromatic heterocycles. The molecule has 2 aliphatic rings. The van der Waals surface area contributed by atoms with E-state index in [2.05, 4.69) is 44.3 Å². The number of carbonyl (C=O) groups is 1. The molecule has 1 fully saturated rings. The van der Waals surface area contributed by atoms with Crippen LogP contribution < -0.4 is 26.0 Å². The molecule has 10 heteroatoms. The number of fused-ring (bicyclic) bond motifs is 2. The van der Waals surface area contributed by atoms with Gasteiger partial charge >= 0.3 is 6.03 Å². The Labute approximate surface area is 179 Å². The molecular formula is C21H26N8O2. The van der Waals surface area contributed by atoms with Crippen molar-refractivity contribution in [3.63, 3.8) is 0 Å². The molecule has 2 amide bonds. The smallest absolute Gasteiger partial charge is 0.327 e. The van der Waals surface area contributed by atoms with Gasteiger partial charge in [0.25, 0.3) is 5.56 Å². The van der Waals surface area contributed by atoms with Crippen LogP contribution in [0.4, 0.5) is 22.0 Å². The Hall–Kier alpha value is -3.40. The highest BCUT2D eigenvalue weighted by Gasteiger charge is 2.31. The summed E-state index contributed by atoms with van der Waals surface area (Å²) in [5, 5.41) is 6.29. The number of nitrogens with one attached hydrogen (secondary N) is 3. The van der Waals surface area contributed by atoms with Gasteiger partial charge in [0.2, 0.25) is 5.78 Å². The average Bonchev–Trinajstić information content (AvgIpc) is 3.29. The number of aromatic nitrogens is 4. The van der Waals surface area contributed by atoms with E-state index < -0.39 is 5.56 Å². The third-order valence-corrected chi connectivity index (χ3v) is 5.83. The summed E-state index contributed by atoms with van der Waals surface area (Å²) in [4.78, 5) is 40.8. The van der Waals surface area contributed by atoms with Crippen molar-refractivity contribution in [2.45, 2.75) is 39.3 Å². The highest BCUT2D eigenvalue weighted by Crippen LogP contribution is 2.34. The lowest BCUT2D eigenvalue weighted by molar-refractivity contribution is 0.257. The monoisotopic (exact) mass is 422 g/mol. The summed E-state index contributed by atoms with van der Waals surface area (Å²) in [7, 11) is 0. The Balaban J connectivity index is 1.41. The molecule has 0 aromatic carbocycles. The van der Waals surface area contributed by atoms with E-state index in [1.165, 1.54) is 0 Å². The third kappa shape index (κ3) is 3.52. The van der Waals surface area contributed by atoms with E-state index in [-0.39, 0.29) is 11.7 Å². The highest BCUT2D eigenvalue weighted by atomic mass is 16.2. The molecule has 10 nitrogen and oxygen atoms in total. The number of rotatable bonds is 2. The van der Waals surface area contributed by atoms with Crippen LogP contribution in [0.15, 0.2) is 29.5 Å². The molecule has 0 unspecified atom stereocenters. The molecule has 0 radical (unpaired) electrons. The first-order valence-corrected chi connectivity index (χ1v) is 10.5. The van der Waals surface area contributed by atoms with Crippen molar-refractivity contribution in [1.82, 2.24) is 24.7 Å². The Morgan fingerprint density at radius 3 is 2.77 bits per heavy atom. The van der Waals surface area contributed by atoms with Gasteiger partial charge in [-0.1, -0.05) is 0 Å². The molecule has 31 heavy (non-hydrogen) atoms. The van der Waals surface area contributed by atoms with E-state index in [1.807, 2.05) is 13.0 Å². The van der Waals surface area contributed by atoms with E-state index >= 15 is 0 Å². The summed E-state index contributed by atoms with van der Waals surface area (Å²) in [5.41, 5.74) is 2.77. The number of piperazine rings is 1. The molecule has 0 aliphatic carbocycles. The minimum atomic E-state index is -0.392. The van der Waals surface area contributed by atoms with Crippen molar-refractivity contribution in [3.8, 4) is 0 Å². The lowest BCUT2D eigenvalue weighted by Gasteiger charge is -2.38. The fourth-order valence-electron chi connectivity index (χ4n) is 4.64. The maximum Gasteiger partial charge on any atom is 0.327 e. The summed E-state index contributed by atoms with van der Waals surface area (Å²) < 4.78 is 1.69. The van der Waals surface area contributed by atoms with E-state index in [0.29, 0.717) is 30.2 Å². The van der Waals surface area contributed by atoms with Crippen molar-refractivity contribution in [3.05, 3.63) is 46.3 Å². The summed E-state index contributed by atoms with van der Waals surface area (Å²) in [6.45, 7) is 8.54. The van der Waals surface area contributed by atoms with Gasteiger partial charge in [-0.05, 0) is 33.3 Å². The van der Waals surface area contributed by atoms with E-state index in [4.69, 9.17) is 0 Å². The van der Waals surface area contributed by atoms with Gasteiger partial charge in [0.05, 0.1) is 5.69 Å². The number of aryl methyl sites for hydroxylation is 1. The molecule has 2 atom stereocenters. The zero-order valence-electron chi connectivity index (χ0n) is 17.8. The highest BCUT2D eigenvalue weighted by molar-refractivity contribution is 6.02. The van der Waals surface area contributed by atoms with Crippen molar-refractivity contribution in [2.75, 3.05) is 34.8 Å². The molecule has 0 bridgehead atoms. The molecule has 3 N–H and O–H groups in total. The van der Waals surface area contributed by atoms with Crippen LogP contribution in [0.25, 0.3) is 5.78 Å². The number of carbonyl (C=O) groups excluding carboxylic acids is 1. The van der Waals surface area contributed by atoms with Gasteiger partial charge in [-0.25, -0.2) is 14.8 Å². The zero-order chi connectivity index (χ0) is 21.7. The van der Waals surface area contributed by atoms with Gasteiger partial charge in [-0.3, -0.25) is 19.1 Å². The van der Waals surface area contributed by atoms with Crippen molar-refractivity contribution >= 4 is 29.0 Å². The molecule has 3 aromatic rings. The fraction of sp³-hybridized carbons (Fsp3) is 0.429. The molecule has 162 valence electrons. The van der Waals surface area contributed by atoms with Gasteiger partial charge in [-0.15, -0.1) is 0 Å². The van der Waals surface area contributed by atoms with Crippen molar-refractivity contribution < 1.29 is 4.79 Å². The second-order valence-electron chi connectivity index (χ2n) is 8.45. The van der Waals surface area contributed by atoms with Crippen LogP contribution in [-0.2, 0) is 6.42 Å². The quantitative estimate of drug-likeness (QED) is 0.577. The lowest BCUT2D eigenvalue weighted by Crippen LogP contribution is -2.54. The maximum absolute atomic E-state index is 13.0. The number of imidazole rings is 1. The van der Waals surface area contributed by atoms with Crippen LogP contribution in [0.5, 0.6) is 0 Å². The topological polar surface area (TPSA) is 111 Å². The van der Waals surface area contributed by atoms with Gasteiger partial charge < -0.3 is 15.5 Å². The number of H-pyrrole nitrogens is 1. The SMILES string of the molecule is Cc1cn2cc(NC(=O)N3CCc4c(N5C[C@@H](C)N[C@@H](C)C5)ccnc43)c(=O)[nH]c2n1. The molecule has 0 spiro atoms. The molecule has 2 aliphatic heterocycles. The lowest BCUT2D eigenvalue weighted by atomic mass is 10.1. The van der Waals surface area contributed by atoms with Crippen LogP contribution in [0.2, 0.25) is 0 Å². The zero-order valence-corrected chi connectivity index (χ0v) is 17.8. The maximum atomic E-state index is 13.0. The minimum absolute atomic E-state index is 0.171. The first-order chi connectivity index (χ1) is 14.9. The number of amides is 2. The number of urea groups is 1. The predicted octanol–water partition coefficient (Wildman–Crippen LogP) is 1.51. The van der Waals surface area contributed by atoms with Crippen LogP contribution in [0.3, 0.4) is 0 Å². The van der Waals surface area contributed by atoms with Gasteiger partial charge in [0, 0.05) is 61.6 Å². The fourth-order valence-corrected chi connectivity index (χ4v) is 4.64. The summed E-state index contributed by atoms with van der Waals surface area (Å²) >= 11 is 0. The Kier molecular flexibility index (Phi) is 4.66. The molecular weight excluding hydrogens is 396 g/mol. The summed E-state index contributed by atoms with van der Waals surface area (Å²) in [6.07, 6.45) is 5.85. The number of hydrogen-bond acceptors (Lipinski definition) is 6. The van der Waals surface area contributed by atoms with Crippen LogP contribution in [0.1, 0.15) is 25.1 Å². The van der Waals surface area contributed by atoms with Gasteiger partial charge in [0.1, 0.15) is 11.5 Å². The minimum Gasteiger partial charge on any atom is -0.368 e. The van der Waals surface area contributed by atoms with Crippen LogP contribution >= 0.6 is 0 Å². The summed E-state index contributed by atoms with van der Waals surface area (Å²) in [6, 6.07) is 2.45. The normalized spacial score (nSPS) is 20.9. The van der Waals surface area contributed by atoms with E-state index in [0.717, 1.165) is 36.5 Å². The summed E-state index contributed by atoms with van der Waals surface area (Å²) in [5.74, 6) is 1.10. The van der Waals surface area contributed by atoms with Crippen LogP contribution in [-0.4, -0.2) is 57.1 Å². The Morgan fingerprint density at radius 2 is 2.00 bits per heavy atom. The molecule has 0 saturated carbocycles. The second kappa shape index (κ2) is 7.38. The second-order valence-corrected chi connectivity index (χ2v) is 8.45. The largest absolute Gasteiger partial charge is 0.368 e. The number of hydrogen-bond donors (Lipinski definition) is 3. The number of pyridine rings is 1.